The number of benzene rings is 1. The standard InChI is InChI=1S/C16H23BrClNO6S/c1-16(2,3)24-15(20)19-5-6-23-10-14(25-26(4,21)22)11-7-12(17)9-13(18)8-11/h7-9,14H,5-6,10H2,1-4H3,(H,19,20)/t14-/m1/s1. The number of ether oxygens (including phenoxy) is 2. The van der Waals surface area contributed by atoms with E-state index in [4.69, 9.17) is 25.3 Å². The minimum absolute atomic E-state index is 0.0319. The average Bonchev–Trinajstić information content (AvgIpc) is 2.41. The zero-order valence-corrected chi connectivity index (χ0v) is 18.2. The van der Waals surface area contributed by atoms with E-state index in [1.165, 1.54) is 0 Å². The summed E-state index contributed by atoms with van der Waals surface area (Å²) >= 11 is 9.30. The number of carbonyl (C=O) groups is 1. The van der Waals surface area contributed by atoms with E-state index in [-0.39, 0.29) is 19.8 Å². The maximum absolute atomic E-state index is 11.5. The van der Waals surface area contributed by atoms with Crippen LogP contribution < -0.4 is 5.32 Å². The fourth-order valence-electron chi connectivity index (χ4n) is 1.88. The number of halogens is 2. The average molecular weight is 473 g/mol. The molecule has 7 nitrogen and oxygen atoms in total. The molecule has 1 atom stereocenters. The van der Waals surface area contributed by atoms with Crippen LogP contribution in [-0.2, 0) is 23.8 Å². The molecule has 0 aliphatic rings. The molecule has 0 heterocycles. The van der Waals surface area contributed by atoms with Crippen molar-refractivity contribution in [1.29, 1.82) is 0 Å². The minimum atomic E-state index is -3.70. The zero-order chi connectivity index (χ0) is 20.0. The van der Waals surface area contributed by atoms with Crippen molar-refractivity contribution in [1.82, 2.24) is 5.32 Å². The first-order chi connectivity index (χ1) is 11.9. The lowest BCUT2D eigenvalue weighted by atomic mass is 10.1. The maximum atomic E-state index is 11.5. The Labute approximate surface area is 167 Å². The second-order valence-corrected chi connectivity index (χ2v) is 9.45. The Morgan fingerprint density at radius 3 is 2.50 bits per heavy atom. The molecule has 26 heavy (non-hydrogen) atoms. The predicted molar refractivity (Wildman–Crippen MR) is 103 cm³/mol. The quantitative estimate of drug-likeness (QED) is 0.459. The molecule has 1 aromatic carbocycles. The number of hydrogen-bond acceptors (Lipinski definition) is 6. The highest BCUT2D eigenvalue weighted by atomic mass is 79.9. The molecule has 0 fully saturated rings. The summed E-state index contributed by atoms with van der Waals surface area (Å²) in [7, 11) is -3.70. The Balaban J connectivity index is 2.58. The molecule has 1 N–H and O–H groups in total. The molecule has 1 amide bonds. The Morgan fingerprint density at radius 2 is 1.96 bits per heavy atom. The third-order valence-corrected chi connectivity index (χ3v) is 3.99. The van der Waals surface area contributed by atoms with Crippen LogP contribution in [0.15, 0.2) is 22.7 Å². The molecule has 0 saturated heterocycles. The van der Waals surface area contributed by atoms with Gasteiger partial charge in [-0.25, -0.2) is 4.79 Å². The van der Waals surface area contributed by atoms with Gasteiger partial charge in [-0.2, -0.15) is 8.42 Å². The largest absolute Gasteiger partial charge is 0.444 e. The lowest BCUT2D eigenvalue weighted by molar-refractivity contribution is 0.0414. The molecule has 1 rings (SSSR count). The van der Waals surface area contributed by atoms with Gasteiger partial charge in [0.05, 0.1) is 19.5 Å². The summed E-state index contributed by atoms with van der Waals surface area (Å²) in [5.74, 6) is 0. The summed E-state index contributed by atoms with van der Waals surface area (Å²) in [6.45, 7) is 5.62. The first-order valence-electron chi connectivity index (χ1n) is 7.74. The number of amides is 1. The number of hydrogen-bond donors (Lipinski definition) is 1. The first kappa shape index (κ1) is 23.2. The molecule has 10 heteroatoms. The fourth-order valence-corrected chi connectivity index (χ4v) is 3.36. The van der Waals surface area contributed by atoms with Gasteiger partial charge in [0, 0.05) is 16.0 Å². The van der Waals surface area contributed by atoms with Crippen molar-refractivity contribution in [3.63, 3.8) is 0 Å². The number of rotatable bonds is 8. The number of nitrogens with one attached hydrogen (secondary N) is 1. The Hall–Kier alpha value is -0.870. The Kier molecular flexibility index (Phi) is 8.81. The second kappa shape index (κ2) is 9.89. The van der Waals surface area contributed by atoms with E-state index in [1.54, 1.807) is 39.0 Å². The van der Waals surface area contributed by atoms with Crippen molar-refractivity contribution < 1.29 is 26.9 Å². The normalized spacial score (nSPS) is 13.3. The van der Waals surface area contributed by atoms with Gasteiger partial charge in [-0.3, -0.25) is 4.18 Å². The van der Waals surface area contributed by atoms with Crippen molar-refractivity contribution in [2.75, 3.05) is 26.0 Å². The van der Waals surface area contributed by atoms with Crippen LogP contribution in [0.2, 0.25) is 5.02 Å². The molecule has 0 aliphatic heterocycles. The summed E-state index contributed by atoms with van der Waals surface area (Å²) in [4.78, 5) is 11.5. The van der Waals surface area contributed by atoms with Gasteiger partial charge < -0.3 is 14.8 Å². The summed E-state index contributed by atoms with van der Waals surface area (Å²) in [6.07, 6.45) is -0.450. The molecule has 148 valence electrons. The predicted octanol–water partition coefficient (Wildman–Crippen LogP) is 3.66. The van der Waals surface area contributed by atoms with Gasteiger partial charge >= 0.3 is 6.09 Å². The van der Waals surface area contributed by atoms with Crippen molar-refractivity contribution >= 4 is 43.7 Å². The molecular formula is C16H23BrClNO6S. The van der Waals surface area contributed by atoms with E-state index in [0.29, 0.717) is 15.1 Å². The van der Waals surface area contributed by atoms with Crippen LogP contribution in [0.1, 0.15) is 32.4 Å². The van der Waals surface area contributed by atoms with E-state index >= 15 is 0 Å². The third-order valence-electron chi connectivity index (χ3n) is 2.73. The highest BCUT2D eigenvalue weighted by Gasteiger charge is 2.20. The van der Waals surface area contributed by atoms with Gasteiger partial charge in [0.15, 0.2) is 0 Å². The molecule has 0 aromatic heterocycles. The molecule has 0 saturated carbocycles. The van der Waals surface area contributed by atoms with Gasteiger partial charge in [0.2, 0.25) is 0 Å². The van der Waals surface area contributed by atoms with Crippen molar-refractivity contribution in [3.8, 4) is 0 Å². The summed E-state index contributed by atoms with van der Waals surface area (Å²) < 4.78 is 39.3. The molecule has 0 aliphatic carbocycles. The third kappa shape index (κ3) is 10.3. The fraction of sp³-hybridized carbons (Fsp3) is 0.562. The van der Waals surface area contributed by atoms with Gasteiger partial charge in [-0.05, 0) is 44.5 Å². The van der Waals surface area contributed by atoms with Crippen LogP contribution >= 0.6 is 27.5 Å². The van der Waals surface area contributed by atoms with E-state index in [1.807, 2.05) is 0 Å². The van der Waals surface area contributed by atoms with Gasteiger partial charge in [-0.1, -0.05) is 27.5 Å². The Morgan fingerprint density at radius 1 is 1.31 bits per heavy atom. The van der Waals surface area contributed by atoms with Crippen molar-refractivity contribution in [2.24, 2.45) is 0 Å². The van der Waals surface area contributed by atoms with E-state index in [0.717, 1.165) is 6.26 Å². The highest BCUT2D eigenvalue weighted by Crippen LogP contribution is 2.27. The van der Waals surface area contributed by atoms with E-state index < -0.39 is 27.9 Å². The summed E-state index contributed by atoms with van der Waals surface area (Å²) in [5, 5.41) is 2.98. The van der Waals surface area contributed by atoms with Crippen LogP contribution in [-0.4, -0.2) is 46.1 Å². The van der Waals surface area contributed by atoms with Crippen LogP contribution in [0.25, 0.3) is 0 Å². The van der Waals surface area contributed by atoms with Crippen LogP contribution in [0, 0.1) is 0 Å². The monoisotopic (exact) mass is 471 g/mol. The van der Waals surface area contributed by atoms with Gasteiger partial charge in [0.25, 0.3) is 10.1 Å². The molecule has 0 radical (unpaired) electrons. The topological polar surface area (TPSA) is 90.9 Å². The zero-order valence-electron chi connectivity index (χ0n) is 15.0. The minimum Gasteiger partial charge on any atom is -0.444 e. The number of alkyl carbamates (subject to hydrolysis) is 1. The SMILES string of the molecule is CC(C)(C)OC(=O)NCCOC[C@@H](OS(C)(=O)=O)c1cc(Cl)cc(Br)c1. The summed E-state index contributed by atoms with van der Waals surface area (Å²) in [5.41, 5.74) is -0.0332. The lowest BCUT2D eigenvalue weighted by Crippen LogP contribution is -2.34. The van der Waals surface area contributed by atoms with E-state index in [9.17, 15) is 13.2 Å². The summed E-state index contributed by atoms with van der Waals surface area (Å²) in [6, 6.07) is 4.97. The molecule has 0 bridgehead atoms. The molecule has 0 spiro atoms. The molecular weight excluding hydrogens is 450 g/mol. The van der Waals surface area contributed by atoms with Crippen LogP contribution in [0.5, 0.6) is 0 Å². The molecule has 1 aromatic rings. The lowest BCUT2D eigenvalue weighted by Gasteiger charge is -2.20. The van der Waals surface area contributed by atoms with Crippen molar-refractivity contribution in [3.05, 3.63) is 33.3 Å². The van der Waals surface area contributed by atoms with Crippen LogP contribution in [0.3, 0.4) is 0 Å². The molecule has 0 unspecified atom stereocenters. The first-order valence-corrected chi connectivity index (χ1v) is 10.7. The van der Waals surface area contributed by atoms with Crippen LogP contribution in [0.4, 0.5) is 4.79 Å². The maximum Gasteiger partial charge on any atom is 0.407 e. The number of carbonyl (C=O) groups excluding carboxylic acids is 1. The smallest absolute Gasteiger partial charge is 0.407 e. The second-order valence-electron chi connectivity index (χ2n) is 6.50. The van der Waals surface area contributed by atoms with Crippen molar-refractivity contribution in [2.45, 2.75) is 32.5 Å². The van der Waals surface area contributed by atoms with Gasteiger partial charge in [0.1, 0.15) is 11.7 Å². The van der Waals surface area contributed by atoms with E-state index in [2.05, 4.69) is 21.2 Å². The Bertz CT molecular complexity index is 700. The highest BCUT2D eigenvalue weighted by molar-refractivity contribution is 9.10. The van der Waals surface area contributed by atoms with Gasteiger partial charge in [-0.15, -0.1) is 0 Å².